The van der Waals surface area contributed by atoms with Gasteiger partial charge in [0.2, 0.25) is 0 Å². The van der Waals surface area contributed by atoms with Gasteiger partial charge < -0.3 is 5.11 Å². The summed E-state index contributed by atoms with van der Waals surface area (Å²) in [5.41, 5.74) is 0.883. The molecule has 3 nitrogen and oxygen atoms in total. The molecule has 2 aromatic rings. The van der Waals surface area contributed by atoms with Gasteiger partial charge in [0.15, 0.2) is 5.15 Å². The van der Waals surface area contributed by atoms with E-state index in [1.807, 2.05) is 10.7 Å². The predicted molar refractivity (Wildman–Crippen MR) is 61.2 cm³/mol. The molecule has 0 unspecified atom stereocenters. The molecule has 0 amide bonds. The van der Waals surface area contributed by atoms with Crippen LogP contribution in [0.15, 0.2) is 18.2 Å². The zero-order valence-corrected chi connectivity index (χ0v) is 9.49. The summed E-state index contributed by atoms with van der Waals surface area (Å²) < 4.78 is 1.84. The molecule has 0 saturated carbocycles. The van der Waals surface area contributed by atoms with Gasteiger partial charge in [0.1, 0.15) is 5.75 Å². The molecule has 2 rings (SSSR count). The van der Waals surface area contributed by atoms with E-state index in [0.29, 0.717) is 16.5 Å². The van der Waals surface area contributed by atoms with E-state index in [1.54, 1.807) is 12.1 Å². The molecule has 80 valence electrons. The van der Waals surface area contributed by atoms with Crippen LogP contribution >= 0.6 is 11.6 Å². The van der Waals surface area contributed by atoms with Crippen LogP contribution < -0.4 is 0 Å². The second-order valence-corrected chi connectivity index (χ2v) is 4.40. The van der Waals surface area contributed by atoms with Crippen LogP contribution in [0.25, 0.3) is 10.9 Å². The summed E-state index contributed by atoms with van der Waals surface area (Å²) in [7, 11) is 0. The van der Waals surface area contributed by atoms with Gasteiger partial charge in [-0.3, -0.25) is 4.68 Å². The topological polar surface area (TPSA) is 38.0 Å². The summed E-state index contributed by atoms with van der Waals surface area (Å²) in [5, 5.41) is 14.9. The fourth-order valence-electron chi connectivity index (χ4n) is 1.65. The summed E-state index contributed by atoms with van der Waals surface area (Å²) in [4.78, 5) is 0. The van der Waals surface area contributed by atoms with Gasteiger partial charge in [-0.1, -0.05) is 31.5 Å². The number of phenols is 1. The molecule has 1 N–H and O–H groups in total. The quantitative estimate of drug-likeness (QED) is 0.852. The van der Waals surface area contributed by atoms with E-state index in [-0.39, 0.29) is 5.75 Å². The Kier molecular flexibility index (Phi) is 2.57. The van der Waals surface area contributed by atoms with Gasteiger partial charge in [0, 0.05) is 6.54 Å². The lowest BCUT2D eigenvalue weighted by Crippen LogP contribution is -2.05. The molecule has 1 aromatic heterocycles. The highest BCUT2D eigenvalue weighted by Gasteiger charge is 2.12. The van der Waals surface area contributed by atoms with Crippen molar-refractivity contribution in [1.82, 2.24) is 9.78 Å². The van der Waals surface area contributed by atoms with Crippen LogP contribution in [0.1, 0.15) is 13.8 Å². The number of fused-ring (bicyclic) bond motifs is 1. The first-order valence-corrected chi connectivity index (χ1v) is 5.31. The second-order valence-electron chi connectivity index (χ2n) is 4.04. The molecular weight excluding hydrogens is 212 g/mol. The summed E-state index contributed by atoms with van der Waals surface area (Å²) in [5.74, 6) is 0.680. The molecule has 0 aliphatic rings. The maximum absolute atomic E-state index is 9.66. The number of phenolic OH excluding ortho intramolecular Hbond substituents is 1. The maximum Gasteiger partial charge on any atom is 0.162 e. The van der Waals surface area contributed by atoms with E-state index in [9.17, 15) is 5.11 Å². The Labute approximate surface area is 93.3 Å². The fraction of sp³-hybridized carbons (Fsp3) is 0.364. The van der Waals surface area contributed by atoms with E-state index in [4.69, 9.17) is 11.6 Å². The second kappa shape index (κ2) is 3.74. The first-order chi connectivity index (χ1) is 7.09. The van der Waals surface area contributed by atoms with E-state index in [1.165, 1.54) is 0 Å². The zero-order chi connectivity index (χ0) is 11.0. The van der Waals surface area contributed by atoms with E-state index in [2.05, 4.69) is 18.9 Å². The number of hydrogen-bond acceptors (Lipinski definition) is 2. The first-order valence-electron chi connectivity index (χ1n) is 4.93. The number of benzene rings is 1. The van der Waals surface area contributed by atoms with E-state index < -0.39 is 0 Å². The predicted octanol–water partition coefficient (Wildman–Crippen LogP) is 3.05. The lowest BCUT2D eigenvalue weighted by Gasteiger charge is -2.05. The van der Waals surface area contributed by atoms with Crippen molar-refractivity contribution >= 4 is 22.5 Å². The Bertz CT molecular complexity index is 491. The minimum absolute atomic E-state index is 0.188. The first kappa shape index (κ1) is 10.3. The molecule has 4 heteroatoms. The molecule has 0 saturated heterocycles. The third-order valence-electron chi connectivity index (χ3n) is 2.25. The molecule has 1 heterocycles. The molecule has 0 atom stereocenters. The summed E-state index contributed by atoms with van der Waals surface area (Å²) in [6, 6.07) is 5.33. The summed E-state index contributed by atoms with van der Waals surface area (Å²) >= 11 is 5.97. The summed E-state index contributed by atoms with van der Waals surface area (Å²) in [6.45, 7) is 5.03. The number of aromatic hydroxyl groups is 1. The third kappa shape index (κ3) is 1.79. The van der Waals surface area contributed by atoms with Crippen LogP contribution in [0.2, 0.25) is 5.15 Å². The number of nitrogens with zero attached hydrogens (tertiary/aromatic N) is 2. The van der Waals surface area contributed by atoms with Gasteiger partial charge in [-0.25, -0.2) is 0 Å². The fourth-order valence-corrected chi connectivity index (χ4v) is 1.93. The number of halogens is 1. The normalized spacial score (nSPS) is 11.5. The molecule has 0 aliphatic carbocycles. The van der Waals surface area contributed by atoms with Crippen molar-refractivity contribution in [3.63, 3.8) is 0 Å². The largest absolute Gasteiger partial charge is 0.507 e. The highest BCUT2D eigenvalue weighted by atomic mass is 35.5. The van der Waals surface area contributed by atoms with E-state index >= 15 is 0 Å². The highest BCUT2D eigenvalue weighted by molar-refractivity contribution is 6.34. The third-order valence-corrected chi connectivity index (χ3v) is 2.52. The van der Waals surface area contributed by atoms with Gasteiger partial charge in [-0.2, -0.15) is 5.10 Å². The Morgan fingerprint density at radius 3 is 2.87 bits per heavy atom. The number of aromatic nitrogens is 2. The smallest absolute Gasteiger partial charge is 0.162 e. The van der Waals surface area contributed by atoms with Crippen molar-refractivity contribution in [2.24, 2.45) is 5.92 Å². The lowest BCUT2D eigenvalue weighted by atomic mass is 10.2. The molecule has 0 bridgehead atoms. The Morgan fingerprint density at radius 1 is 1.47 bits per heavy atom. The molecule has 15 heavy (non-hydrogen) atoms. The monoisotopic (exact) mass is 224 g/mol. The Hall–Kier alpha value is -1.22. The van der Waals surface area contributed by atoms with Crippen LogP contribution in [-0.4, -0.2) is 14.9 Å². The van der Waals surface area contributed by atoms with Crippen LogP contribution in [-0.2, 0) is 6.54 Å². The van der Waals surface area contributed by atoms with E-state index in [0.717, 1.165) is 12.1 Å². The minimum atomic E-state index is 0.188. The maximum atomic E-state index is 9.66. The lowest BCUT2D eigenvalue weighted by molar-refractivity contribution is 0.481. The molecule has 1 aromatic carbocycles. The molecule has 0 spiro atoms. The Balaban J connectivity index is 2.63. The van der Waals surface area contributed by atoms with Gasteiger partial charge in [-0.05, 0) is 18.1 Å². The Morgan fingerprint density at radius 2 is 2.20 bits per heavy atom. The van der Waals surface area contributed by atoms with Crippen molar-refractivity contribution in [2.45, 2.75) is 20.4 Å². The highest BCUT2D eigenvalue weighted by Crippen LogP contribution is 2.30. The van der Waals surface area contributed by atoms with Crippen molar-refractivity contribution in [3.8, 4) is 5.75 Å². The molecular formula is C11H13ClN2O. The van der Waals surface area contributed by atoms with Crippen LogP contribution in [0, 0.1) is 5.92 Å². The summed E-state index contributed by atoms with van der Waals surface area (Å²) in [6.07, 6.45) is 0. The number of rotatable bonds is 2. The van der Waals surface area contributed by atoms with Crippen LogP contribution in [0.3, 0.4) is 0 Å². The standard InChI is InChI=1S/C11H13ClN2O/c1-7(2)6-14-8-4-3-5-9(15)10(8)11(12)13-14/h3-5,7,15H,6H2,1-2H3. The molecule has 0 aliphatic heterocycles. The van der Waals surface area contributed by atoms with Crippen molar-refractivity contribution in [1.29, 1.82) is 0 Å². The van der Waals surface area contributed by atoms with Crippen molar-refractivity contribution in [3.05, 3.63) is 23.4 Å². The average Bonchev–Trinajstić information content (AvgIpc) is 2.44. The van der Waals surface area contributed by atoms with Gasteiger partial charge in [0.25, 0.3) is 0 Å². The average molecular weight is 225 g/mol. The van der Waals surface area contributed by atoms with Crippen LogP contribution in [0.5, 0.6) is 5.75 Å². The van der Waals surface area contributed by atoms with Crippen LogP contribution in [0.4, 0.5) is 0 Å². The molecule has 0 fully saturated rings. The van der Waals surface area contributed by atoms with Gasteiger partial charge in [0.05, 0.1) is 10.9 Å². The molecule has 0 radical (unpaired) electrons. The van der Waals surface area contributed by atoms with Gasteiger partial charge in [-0.15, -0.1) is 0 Å². The minimum Gasteiger partial charge on any atom is -0.507 e. The zero-order valence-electron chi connectivity index (χ0n) is 8.74. The van der Waals surface area contributed by atoms with Crippen molar-refractivity contribution in [2.75, 3.05) is 0 Å². The SMILES string of the molecule is CC(C)Cn1nc(Cl)c2c(O)cccc21. The number of hydrogen-bond donors (Lipinski definition) is 1. The van der Waals surface area contributed by atoms with Crippen molar-refractivity contribution < 1.29 is 5.11 Å². The van der Waals surface area contributed by atoms with Gasteiger partial charge >= 0.3 is 0 Å².